The number of rotatable bonds is 2. The second kappa shape index (κ2) is 5.00. The van der Waals surface area contributed by atoms with E-state index in [-0.39, 0.29) is 5.56 Å². The molecule has 0 unspecified atom stereocenters. The van der Waals surface area contributed by atoms with Gasteiger partial charge in [-0.25, -0.2) is 13.2 Å². The fraction of sp³-hybridized carbons (Fsp3) is 0.0769. The Balaban J connectivity index is 2.42. The standard InChI is InChI=1S/C13H9F3N2/c1-8(13-7-17-2-3-18-13)4-9-5-11(15)12(16)6-10(9)14/h2-7H,1H3. The summed E-state index contributed by atoms with van der Waals surface area (Å²) >= 11 is 0. The molecule has 0 aliphatic rings. The minimum Gasteiger partial charge on any atom is -0.261 e. The summed E-state index contributed by atoms with van der Waals surface area (Å²) in [6.45, 7) is 1.69. The quantitative estimate of drug-likeness (QED) is 0.763. The van der Waals surface area contributed by atoms with Crippen molar-refractivity contribution in [2.45, 2.75) is 6.92 Å². The fourth-order valence-corrected chi connectivity index (χ4v) is 1.46. The smallest absolute Gasteiger partial charge is 0.161 e. The monoisotopic (exact) mass is 250 g/mol. The van der Waals surface area contributed by atoms with Crippen molar-refractivity contribution >= 4 is 11.6 Å². The summed E-state index contributed by atoms with van der Waals surface area (Å²) in [7, 11) is 0. The van der Waals surface area contributed by atoms with Crippen molar-refractivity contribution in [2.24, 2.45) is 0 Å². The normalized spacial score (nSPS) is 11.7. The van der Waals surface area contributed by atoms with E-state index >= 15 is 0 Å². The first-order chi connectivity index (χ1) is 8.58. The van der Waals surface area contributed by atoms with Gasteiger partial charge >= 0.3 is 0 Å². The number of hydrogen-bond acceptors (Lipinski definition) is 2. The molecule has 0 fully saturated rings. The fourth-order valence-electron chi connectivity index (χ4n) is 1.46. The minimum atomic E-state index is -1.21. The van der Waals surface area contributed by atoms with Gasteiger partial charge in [-0.1, -0.05) is 0 Å². The molecule has 2 nitrogen and oxygen atoms in total. The molecular formula is C13H9F3N2. The van der Waals surface area contributed by atoms with Gasteiger partial charge in [-0.05, 0) is 24.6 Å². The number of aromatic nitrogens is 2. The van der Waals surface area contributed by atoms with Crippen molar-refractivity contribution < 1.29 is 13.2 Å². The zero-order valence-electron chi connectivity index (χ0n) is 9.49. The van der Waals surface area contributed by atoms with Crippen LogP contribution < -0.4 is 0 Å². The van der Waals surface area contributed by atoms with Crippen molar-refractivity contribution in [3.63, 3.8) is 0 Å². The number of benzene rings is 1. The SMILES string of the molecule is CC(=Cc1cc(F)c(F)cc1F)c1cnccn1. The molecule has 0 saturated carbocycles. The van der Waals surface area contributed by atoms with E-state index in [1.54, 1.807) is 6.92 Å². The molecule has 0 radical (unpaired) electrons. The molecule has 2 aromatic rings. The lowest BCUT2D eigenvalue weighted by Gasteiger charge is -2.02. The van der Waals surface area contributed by atoms with Crippen LogP contribution in [0.15, 0.2) is 30.7 Å². The van der Waals surface area contributed by atoms with Gasteiger partial charge in [0, 0.05) is 24.0 Å². The largest absolute Gasteiger partial charge is 0.261 e. The van der Waals surface area contributed by atoms with Crippen LogP contribution in [0.2, 0.25) is 0 Å². The van der Waals surface area contributed by atoms with Crippen LogP contribution in [0, 0.1) is 17.5 Å². The van der Waals surface area contributed by atoms with Crippen molar-refractivity contribution in [3.8, 4) is 0 Å². The van der Waals surface area contributed by atoms with E-state index < -0.39 is 17.5 Å². The molecule has 1 aromatic heterocycles. The van der Waals surface area contributed by atoms with Gasteiger partial charge in [0.15, 0.2) is 11.6 Å². The molecule has 0 amide bonds. The molecule has 0 aliphatic carbocycles. The first kappa shape index (κ1) is 12.3. The Morgan fingerprint density at radius 3 is 2.44 bits per heavy atom. The number of nitrogens with zero attached hydrogens (tertiary/aromatic N) is 2. The summed E-state index contributed by atoms with van der Waals surface area (Å²) in [4.78, 5) is 7.89. The Morgan fingerprint density at radius 1 is 1.06 bits per heavy atom. The predicted molar refractivity (Wildman–Crippen MR) is 61.9 cm³/mol. The van der Waals surface area contributed by atoms with Gasteiger partial charge in [-0.15, -0.1) is 0 Å². The van der Waals surface area contributed by atoms with Gasteiger partial charge in [0.25, 0.3) is 0 Å². The van der Waals surface area contributed by atoms with Crippen LogP contribution in [-0.4, -0.2) is 9.97 Å². The van der Waals surface area contributed by atoms with E-state index in [0.29, 0.717) is 17.3 Å². The van der Waals surface area contributed by atoms with Crippen LogP contribution in [0.4, 0.5) is 13.2 Å². The summed E-state index contributed by atoms with van der Waals surface area (Å²) in [5, 5.41) is 0. The highest BCUT2D eigenvalue weighted by Crippen LogP contribution is 2.19. The summed E-state index contributed by atoms with van der Waals surface area (Å²) in [6, 6.07) is 1.33. The summed E-state index contributed by atoms with van der Waals surface area (Å²) in [6.07, 6.45) is 5.90. The van der Waals surface area contributed by atoms with Crippen molar-refractivity contribution in [3.05, 3.63) is 59.4 Å². The third-order valence-electron chi connectivity index (χ3n) is 2.38. The number of hydrogen-bond donors (Lipinski definition) is 0. The first-order valence-corrected chi connectivity index (χ1v) is 5.17. The maximum absolute atomic E-state index is 13.4. The minimum absolute atomic E-state index is 0.0305. The van der Waals surface area contributed by atoms with Crippen LogP contribution in [0.5, 0.6) is 0 Å². The van der Waals surface area contributed by atoms with Gasteiger partial charge in [-0.3, -0.25) is 9.97 Å². The molecule has 18 heavy (non-hydrogen) atoms. The first-order valence-electron chi connectivity index (χ1n) is 5.17. The molecule has 92 valence electrons. The van der Waals surface area contributed by atoms with Gasteiger partial charge < -0.3 is 0 Å². The number of halogens is 3. The van der Waals surface area contributed by atoms with Crippen LogP contribution in [0.25, 0.3) is 11.6 Å². The Labute approximate surface area is 102 Å². The second-order valence-corrected chi connectivity index (χ2v) is 3.71. The Morgan fingerprint density at radius 2 is 1.78 bits per heavy atom. The van der Waals surface area contributed by atoms with Crippen LogP contribution >= 0.6 is 0 Å². The molecule has 2 rings (SSSR count). The average molecular weight is 250 g/mol. The number of allylic oxidation sites excluding steroid dienone is 1. The molecule has 0 spiro atoms. The maximum Gasteiger partial charge on any atom is 0.161 e. The third-order valence-corrected chi connectivity index (χ3v) is 2.38. The Hall–Kier alpha value is -2.17. The van der Waals surface area contributed by atoms with Crippen molar-refractivity contribution in [1.29, 1.82) is 0 Å². The van der Waals surface area contributed by atoms with E-state index in [2.05, 4.69) is 9.97 Å². The highest BCUT2D eigenvalue weighted by molar-refractivity contribution is 5.78. The molecule has 1 heterocycles. The van der Waals surface area contributed by atoms with Gasteiger partial charge in [0.05, 0.1) is 11.9 Å². The average Bonchev–Trinajstić information content (AvgIpc) is 2.37. The molecule has 0 N–H and O–H groups in total. The van der Waals surface area contributed by atoms with E-state index in [4.69, 9.17) is 0 Å². The van der Waals surface area contributed by atoms with E-state index in [1.165, 1.54) is 24.7 Å². The second-order valence-electron chi connectivity index (χ2n) is 3.71. The molecular weight excluding hydrogens is 241 g/mol. The summed E-state index contributed by atoms with van der Waals surface area (Å²) in [5.41, 5.74) is 1.12. The zero-order chi connectivity index (χ0) is 13.1. The molecule has 0 saturated heterocycles. The van der Waals surface area contributed by atoms with Crippen LogP contribution in [-0.2, 0) is 0 Å². The van der Waals surface area contributed by atoms with Crippen molar-refractivity contribution in [1.82, 2.24) is 9.97 Å². The highest BCUT2D eigenvalue weighted by atomic mass is 19.2. The van der Waals surface area contributed by atoms with Gasteiger partial charge in [-0.2, -0.15) is 0 Å². The lowest BCUT2D eigenvalue weighted by Crippen LogP contribution is -1.92. The molecule has 5 heteroatoms. The summed E-state index contributed by atoms with van der Waals surface area (Å²) < 4.78 is 39.2. The lowest BCUT2D eigenvalue weighted by atomic mass is 10.1. The molecule has 0 bridgehead atoms. The Bertz CT molecular complexity index is 595. The van der Waals surface area contributed by atoms with E-state index in [9.17, 15) is 13.2 Å². The highest BCUT2D eigenvalue weighted by Gasteiger charge is 2.08. The molecule has 0 aliphatic heterocycles. The van der Waals surface area contributed by atoms with E-state index in [1.807, 2.05) is 0 Å². The van der Waals surface area contributed by atoms with Crippen LogP contribution in [0.1, 0.15) is 18.2 Å². The zero-order valence-corrected chi connectivity index (χ0v) is 9.49. The molecule has 1 aromatic carbocycles. The van der Waals surface area contributed by atoms with Gasteiger partial charge in [0.2, 0.25) is 0 Å². The Kier molecular flexibility index (Phi) is 3.41. The van der Waals surface area contributed by atoms with E-state index in [0.717, 1.165) is 6.07 Å². The maximum atomic E-state index is 13.4. The topological polar surface area (TPSA) is 25.8 Å². The van der Waals surface area contributed by atoms with Crippen molar-refractivity contribution in [2.75, 3.05) is 0 Å². The summed E-state index contributed by atoms with van der Waals surface area (Å²) in [5.74, 6) is -3.12. The van der Waals surface area contributed by atoms with Crippen LogP contribution in [0.3, 0.4) is 0 Å². The van der Waals surface area contributed by atoms with Gasteiger partial charge in [0.1, 0.15) is 5.82 Å². The molecule has 0 atom stereocenters. The lowest BCUT2D eigenvalue weighted by molar-refractivity contribution is 0.494. The predicted octanol–water partition coefficient (Wildman–Crippen LogP) is 3.45. The third kappa shape index (κ3) is 2.56.